The van der Waals surface area contributed by atoms with Crippen LogP contribution in [0.25, 0.3) is 0 Å². The van der Waals surface area contributed by atoms with E-state index in [0.717, 1.165) is 7.11 Å². The molecule has 1 N–H and O–H groups in total. The van der Waals surface area contributed by atoms with Crippen LogP contribution >= 0.6 is 0 Å². The van der Waals surface area contributed by atoms with Gasteiger partial charge in [0.1, 0.15) is 5.60 Å². The van der Waals surface area contributed by atoms with E-state index >= 15 is 0 Å². The fourth-order valence-corrected chi connectivity index (χ4v) is 1.77. The number of benzene rings is 1. The topological polar surface area (TPSA) is 81.7 Å². The second kappa shape index (κ2) is 7.59. The minimum Gasteiger partial charge on any atom is -0.463 e. The summed E-state index contributed by atoms with van der Waals surface area (Å²) in [5, 5.41) is 2.61. The quantitative estimate of drug-likeness (QED) is 0.667. The Balaban J connectivity index is 2.86. The Morgan fingerprint density at radius 3 is 2.23 bits per heavy atom. The van der Waals surface area contributed by atoms with E-state index in [1.54, 1.807) is 45.0 Å². The number of amides is 1. The van der Waals surface area contributed by atoms with Crippen LogP contribution in [0.1, 0.15) is 38.8 Å². The maximum atomic E-state index is 11.9. The van der Waals surface area contributed by atoms with E-state index in [1.807, 2.05) is 6.07 Å². The van der Waals surface area contributed by atoms with E-state index < -0.39 is 29.5 Å². The number of ketones is 1. The predicted octanol–water partition coefficient (Wildman–Crippen LogP) is 2.38. The molecule has 1 rings (SSSR count). The van der Waals surface area contributed by atoms with Crippen molar-refractivity contribution in [1.82, 2.24) is 5.32 Å². The summed E-state index contributed by atoms with van der Waals surface area (Å²) in [6.45, 7) is 5.22. The molecule has 0 saturated heterocycles. The lowest BCUT2D eigenvalue weighted by Gasteiger charge is -2.23. The Morgan fingerprint density at radius 1 is 1.14 bits per heavy atom. The number of rotatable bonds is 5. The number of ether oxygens (including phenoxy) is 2. The maximum Gasteiger partial charge on any atom is 0.408 e. The fraction of sp³-hybridized carbons (Fsp3) is 0.438. The predicted molar refractivity (Wildman–Crippen MR) is 80.2 cm³/mol. The molecule has 0 aliphatic rings. The van der Waals surface area contributed by atoms with Crippen LogP contribution < -0.4 is 5.32 Å². The van der Waals surface area contributed by atoms with Crippen molar-refractivity contribution in [3.05, 3.63) is 35.9 Å². The molecule has 1 amide bonds. The zero-order chi connectivity index (χ0) is 16.8. The second-order valence-corrected chi connectivity index (χ2v) is 5.73. The van der Waals surface area contributed by atoms with Crippen molar-refractivity contribution in [3.8, 4) is 0 Å². The van der Waals surface area contributed by atoms with Gasteiger partial charge in [0.2, 0.25) is 5.78 Å². The number of esters is 1. The molecule has 0 radical (unpaired) electrons. The smallest absolute Gasteiger partial charge is 0.408 e. The number of hydrogen-bond donors (Lipinski definition) is 1. The van der Waals surface area contributed by atoms with Gasteiger partial charge < -0.3 is 14.8 Å². The molecule has 0 spiro atoms. The van der Waals surface area contributed by atoms with Crippen LogP contribution in [0.15, 0.2) is 30.3 Å². The van der Waals surface area contributed by atoms with Gasteiger partial charge in [0.25, 0.3) is 0 Å². The van der Waals surface area contributed by atoms with Gasteiger partial charge in [-0.15, -0.1) is 0 Å². The maximum absolute atomic E-state index is 11.9. The zero-order valence-corrected chi connectivity index (χ0v) is 13.2. The van der Waals surface area contributed by atoms with Crippen molar-refractivity contribution in [2.24, 2.45) is 0 Å². The molecule has 6 nitrogen and oxygen atoms in total. The van der Waals surface area contributed by atoms with Crippen LogP contribution in [-0.4, -0.2) is 30.6 Å². The standard InChI is InChI=1S/C16H21NO5/c1-16(2,3)22-15(20)17-12(10-13(18)14(19)21-4)11-8-6-5-7-9-11/h5-9,12H,10H2,1-4H3,(H,17,20)/t12-/m0/s1. The molecule has 22 heavy (non-hydrogen) atoms. The van der Waals surface area contributed by atoms with Crippen LogP contribution in [0.5, 0.6) is 0 Å². The van der Waals surface area contributed by atoms with Gasteiger partial charge in [-0.05, 0) is 26.3 Å². The van der Waals surface area contributed by atoms with Crippen LogP contribution in [0.4, 0.5) is 4.79 Å². The van der Waals surface area contributed by atoms with Gasteiger partial charge in [-0.3, -0.25) is 4.79 Å². The number of carbonyl (C=O) groups is 3. The number of Topliss-reactive ketones (excluding diaryl/α,β-unsaturated/α-hetero) is 1. The molecular weight excluding hydrogens is 286 g/mol. The van der Waals surface area contributed by atoms with E-state index in [9.17, 15) is 14.4 Å². The zero-order valence-electron chi connectivity index (χ0n) is 13.2. The molecule has 6 heteroatoms. The summed E-state index contributed by atoms with van der Waals surface area (Å²) in [7, 11) is 1.14. The SMILES string of the molecule is COC(=O)C(=O)C[C@H](NC(=O)OC(C)(C)C)c1ccccc1. The fourth-order valence-electron chi connectivity index (χ4n) is 1.77. The average Bonchev–Trinajstić information content (AvgIpc) is 2.44. The Kier molecular flexibility index (Phi) is 6.10. The van der Waals surface area contributed by atoms with Crippen LogP contribution in [0.3, 0.4) is 0 Å². The van der Waals surface area contributed by atoms with Gasteiger partial charge in [-0.2, -0.15) is 0 Å². The molecule has 1 aromatic carbocycles. The Labute approximate surface area is 129 Å². The first-order valence-electron chi connectivity index (χ1n) is 6.88. The monoisotopic (exact) mass is 307 g/mol. The minimum absolute atomic E-state index is 0.198. The normalized spacial score (nSPS) is 12.2. The molecule has 0 aliphatic carbocycles. The molecule has 1 aromatic rings. The third-order valence-corrected chi connectivity index (χ3v) is 2.70. The molecule has 1 atom stereocenters. The molecular formula is C16H21NO5. The highest BCUT2D eigenvalue weighted by atomic mass is 16.6. The van der Waals surface area contributed by atoms with E-state index in [4.69, 9.17) is 4.74 Å². The van der Waals surface area contributed by atoms with Crippen LogP contribution in [0, 0.1) is 0 Å². The highest BCUT2D eigenvalue weighted by molar-refractivity contribution is 6.33. The summed E-state index contributed by atoms with van der Waals surface area (Å²) < 4.78 is 9.58. The summed E-state index contributed by atoms with van der Waals surface area (Å²) in [6, 6.07) is 8.22. The summed E-state index contributed by atoms with van der Waals surface area (Å²) in [5.41, 5.74) is 0.0446. The largest absolute Gasteiger partial charge is 0.463 e. The van der Waals surface area contributed by atoms with Crippen molar-refractivity contribution in [2.75, 3.05) is 7.11 Å². The van der Waals surface area contributed by atoms with Crippen LogP contribution in [0.2, 0.25) is 0 Å². The summed E-state index contributed by atoms with van der Waals surface area (Å²) in [5.74, 6) is -1.65. The number of nitrogens with one attached hydrogen (secondary N) is 1. The first kappa shape index (κ1) is 17.7. The van der Waals surface area contributed by atoms with Gasteiger partial charge in [-0.25, -0.2) is 9.59 Å². The highest BCUT2D eigenvalue weighted by Crippen LogP contribution is 2.18. The number of methoxy groups -OCH3 is 1. The lowest BCUT2D eigenvalue weighted by molar-refractivity contribution is -0.151. The van der Waals surface area contributed by atoms with Gasteiger partial charge in [0.05, 0.1) is 13.2 Å². The van der Waals surface area contributed by atoms with Gasteiger partial charge in [-0.1, -0.05) is 30.3 Å². The van der Waals surface area contributed by atoms with Crippen molar-refractivity contribution < 1.29 is 23.9 Å². The second-order valence-electron chi connectivity index (χ2n) is 5.73. The molecule has 0 unspecified atom stereocenters. The van der Waals surface area contributed by atoms with Crippen molar-refractivity contribution in [2.45, 2.75) is 38.8 Å². The Morgan fingerprint density at radius 2 is 1.73 bits per heavy atom. The summed E-state index contributed by atoms with van der Waals surface area (Å²) in [6.07, 6.45) is -0.852. The third kappa shape index (κ3) is 5.95. The Hall–Kier alpha value is -2.37. The van der Waals surface area contributed by atoms with Gasteiger partial charge in [0, 0.05) is 6.42 Å². The number of hydrogen-bond acceptors (Lipinski definition) is 5. The number of alkyl carbamates (subject to hydrolysis) is 1. The van der Waals surface area contributed by atoms with Gasteiger partial charge in [0.15, 0.2) is 0 Å². The first-order chi connectivity index (χ1) is 10.2. The molecule has 0 heterocycles. The Bertz CT molecular complexity index is 533. The summed E-state index contributed by atoms with van der Waals surface area (Å²) in [4.78, 5) is 34.9. The molecule has 120 valence electrons. The molecule has 0 bridgehead atoms. The van der Waals surface area contributed by atoms with Crippen molar-refractivity contribution in [1.29, 1.82) is 0 Å². The first-order valence-corrected chi connectivity index (χ1v) is 6.88. The molecule has 0 fully saturated rings. The van der Waals surface area contributed by atoms with Crippen LogP contribution in [-0.2, 0) is 19.1 Å². The lowest BCUT2D eigenvalue weighted by atomic mass is 10.0. The summed E-state index contributed by atoms with van der Waals surface area (Å²) >= 11 is 0. The number of carbonyl (C=O) groups excluding carboxylic acids is 3. The van der Waals surface area contributed by atoms with E-state index in [-0.39, 0.29) is 6.42 Å². The molecule has 0 aromatic heterocycles. The highest BCUT2D eigenvalue weighted by Gasteiger charge is 2.25. The average molecular weight is 307 g/mol. The van der Waals surface area contributed by atoms with Gasteiger partial charge >= 0.3 is 12.1 Å². The lowest BCUT2D eigenvalue weighted by Crippen LogP contribution is -2.36. The molecule has 0 saturated carbocycles. The van der Waals surface area contributed by atoms with Crippen molar-refractivity contribution in [3.63, 3.8) is 0 Å². The van der Waals surface area contributed by atoms with E-state index in [0.29, 0.717) is 5.56 Å². The minimum atomic E-state index is -0.938. The van der Waals surface area contributed by atoms with Crippen molar-refractivity contribution >= 4 is 17.8 Å². The van der Waals surface area contributed by atoms with E-state index in [2.05, 4.69) is 10.1 Å². The molecule has 0 aliphatic heterocycles. The van der Waals surface area contributed by atoms with E-state index in [1.165, 1.54) is 0 Å². The third-order valence-electron chi connectivity index (χ3n) is 2.70.